The predicted molar refractivity (Wildman–Crippen MR) is 44.9 cm³/mol. The molecule has 13 heavy (non-hydrogen) atoms. The van der Waals surface area contributed by atoms with Crippen molar-refractivity contribution in [2.75, 3.05) is 0 Å². The summed E-state index contributed by atoms with van der Waals surface area (Å²) in [5.41, 5.74) is 8.18. The van der Waals surface area contributed by atoms with Gasteiger partial charge in [0.05, 0.1) is 6.04 Å². The van der Waals surface area contributed by atoms with Crippen LogP contribution in [0.15, 0.2) is 0 Å². The Morgan fingerprint density at radius 1 is 1.38 bits per heavy atom. The molecule has 0 fully saturated rings. The Labute approximate surface area is 75.5 Å². The van der Waals surface area contributed by atoms with Gasteiger partial charge in [0.1, 0.15) is 11.6 Å². The monoisotopic (exact) mass is 190 g/mol. The highest BCUT2D eigenvalue weighted by Crippen LogP contribution is 2.11. The van der Waals surface area contributed by atoms with E-state index >= 15 is 0 Å². The van der Waals surface area contributed by atoms with E-state index in [0.717, 1.165) is 6.92 Å². The quantitative estimate of drug-likeness (QED) is 0.408. The second-order valence-electron chi connectivity index (χ2n) is 3.12. The molecule has 0 bridgehead atoms. The number of Topliss-reactive ketones (excluding diaryl/α,β-unsaturated/α-hetero) is 1. The van der Waals surface area contributed by atoms with Crippen LogP contribution in [0.3, 0.4) is 0 Å². The first-order chi connectivity index (χ1) is 5.71. The van der Waals surface area contributed by atoms with Crippen molar-refractivity contribution < 1.29 is 19.8 Å². The minimum Gasteiger partial charge on any atom is -0.480 e. The second-order valence-corrected chi connectivity index (χ2v) is 3.12. The number of carboxylic acids is 1. The van der Waals surface area contributed by atoms with Crippen molar-refractivity contribution in [3.63, 3.8) is 0 Å². The molecule has 0 saturated heterocycles. The number of carbonyl (C=O) groups excluding carboxylic acids is 1. The number of rotatable bonds is 4. The zero-order valence-electron chi connectivity index (χ0n) is 7.52. The fourth-order valence-corrected chi connectivity index (χ4v) is 0.855. The molecule has 76 valence electrons. The third-order valence-corrected chi connectivity index (χ3v) is 1.78. The van der Waals surface area contributed by atoms with Gasteiger partial charge in [-0.1, -0.05) is 0 Å². The van der Waals surface area contributed by atoms with Crippen LogP contribution in [0.2, 0.25) is 0 Å². The van der Waals surface area contributed by atoms with E-state index in [-0.39, 0.29) is 0 Å². The molecule has 0 radical (unpaired) electrons. The first-order valence-electron chi connectivity index (χ1n) is 3.72. The zero-order valence-corrected chi connectivity index (χ0v) is 7.52. The maximum Gasteiger partial charge on any atom is 0.323 e. The van der Waals surface area contributed by atoms with Gasteiger partial charge in [-0.25, -0.2) is 0 Å². The van der Waals surface area contributed by atoms with Gasteiger partial charge in [0.2, 0.25) is 0 Å². The van der Waals surface area contributed by atoms with Gasteiger partial charge in [-0.15, -0.1) is 0 Å². The van der Waals surface area contributed by atoms with Gasteiger partial charge in [-0.05, 0) is 13.8 Å². The smallest absolute Gasteiger partial charge is 0.323 e. The third kappa shape index (κ3) is 2.48. The van der Waals surface area contributed by atoms with Crippen LogP contribution >= 0.6 is 0 Å². The van der Waals surface area contributed by atoms with E-state index < -0.39 is 29.4 Å². The van der Waals surface area contributed by atoms with E-state index in [1.54, 1.807) is 0 Å². The molecular formula is C7H14N2O4. The minimum atomic E-state index is -2.13. The summed E-state index contributed by atoms with van der Waals surface area (Å²) in [6, 6.07) is -2.61. The van der Waals surface area contributed by atoms with Crippen molar-refractivity contribution in [1.29, 1.82) is 0 Å². The Balaban J connectivity index is 4.75. The van der Waals surface area contributed by atoms with Crippen LogP contribution in [0.1, 0.15) is 13.8 Å². The molecule has 0 rings (SSSR count). The molecule has 0 aliphatic heterocycles. The molecule has 0 aromatic heterocycles. The summed E-state index contributed by atoms with van der Waals surface area (Å²) in [6.07, 6.45) is 0. The van der Waals surface area contributed by atoms with E-state index in [9.17, 15) is 14.7 Å². The van der Waals surface area contributed by atoms with Gasteiger partial charge in [0.25, 0.3) is 0 Å². The third-order valence-electron chi connectivity index (χ3n) is 1.78. The fraction of sp³-hybridized carbons (Fsp3) is 0.714. The SMILES string of the molecule is CC(N)C(=O)C(C)(O)C(N)C(=O)O. The Bertz CT molecular complexity index is 225. The van der Waals surface area contributed by atoms with Crippen molar-refractivity contribution in [2.45, 2.75) is 31.5 Å². The van der Waals surface area contributed by atoms with Crippen molar-refractivity contribution in [2.24, 2.45) is 11.5 Å². The lowest BCUT2D eigenvalue weighted by Crippen LogP contribution is -2.59. The summed E-state index contributed by atoms with van der Waals surface area (Å²) in [5.74, 6) is -2.23. The molecule has 0 amide bonds. The van der Waals surface area contributed by atoms with Crippen LogP contribution in [-0.2, 0) is 9.59 Å². The average molecular weight is 190 g/mol. The number of carbonyl (C=O) groups is 2. The van der Waals surface area contributed by atoms with Crippen molar-refractivity contribution in [3.05, 3.63) is 0 Å². The first kappa shape index (κ1) is 12.0. The molecule has 0 aromatic rings. The Morgan fingerprint density at radius 3 is 2.00 bits per heavy atom. The van der Waals surface area contributed by atoms with Gasteiger partial charge < -0.3 is 21.7 Å². The van der Waals surface area contributed by atoms with Gasteiger partial charge in [-0.3, -0.25) is 9.59 Å². The standard InChI is InChI=1S/C7H14N2O4/c1-3(8)5(10)7(2,13)4(9)6(11)12/h3-4,13H,8-9H2,1-2H3,(H,11,12). The van der Waals surface area contributed by atoms with Crippen LogP contribution < -0.4 is 11.5 Å². The highest BCUT2D eigenvalue weighted by Gasteiger charge is 2.42. The number of ketones is 1. The molecule has 0 saturated carbocycles. The van der Waals surface area contributed by atoms with Gasteiger partial charge in [0, 0.05) is 0 Å². The van der Waals surface area contributed by atoms with Crippen LogP contribution in [0.25, 0.3) is 0 Å². The van der Waals surface area contributed by atoms with Gasteiger partial charge in [0.15, 0.2) is 5.78 Å². The summed E-state index contributed by atoms with van der Waals surface area (Å²) in [4.78, 5) is 21.6. The second kappa shape index (κ2) is 3.82. The number of aliphatic hydroxyl groups is 1. The van der Waals surface area contributed by atoms with E-state index in [1.807, 2.05) is 0 Å². The van der Waals surface area contributed by atoms with Gasteiger partial charge >= 0.3 is 5.97 Å². The average Bonchev–Trinajstić information content (AvgIpc) is 2.01. The lowest BCUT2D eigenvalue weighted by molar-refractivity contribution is -0.153. The molecule has 6 nitrogen and oxygen atoms in total. The molecule has 0 aromatic carbocycles. The number of aliphatic carboxylic acids is 1. The highest BCUT2D eigenvalue weighted by molar-refractivity contribution is 5.96. The summed E-state index contributed by atoms with van der Waals surface area (Å²) < 4.78 is 0. The van der Waals surface area contributed by atoms with Gasteiger partial charge in [-0.2, -0.15) is 0 Å². The van der Waals surface area contributed by atoms with Crippen LogP contribution in [0.4, 0.5) is 0 Å². The predicted octanol–water partition coefficient (Wildman–Crippen LogP) is -1.93. The summed E-state index contributed by atoms with van der Waals surface area (Å²) in [5, 5.41) is 17.9. The fourth-order valence-electron chi connectivity index (χ4n) is 0.855. The molecule has 6 heteroatoms. The number of nitrogens with two attached hydrogens (primary N) is 2. The largest absolute Gasteiger partial charge is 0.480 e. The van der Waals surface area contributed by atoms with Crippen molar-refractivity contribution >= 4 is 11.8 Å². The Kier molecular flexibility index (Phi) is 3.53. The maximum absolute atomic E-state index is 11.2. The topological polar surface area (TPSA) is 127 Å². The lowest BCUT2D eigenvalue weighted by Gasteiger charge is -2.26. The van der Waals surface area contributed by atoms with E-state index in [2.05, 4.69) is 0 Å². The molecule has 6 N–H and O–H groups in total. The number of carboxylic acid groups (broad SMARTS) is 1. The van der Waals surface area contributed by atoms with E-state index in [4.69, 9.17) is 16.6 Å². The molecule has 0 aliphatic carbocycles. The molecule has 0 spiro atoms. The molecule has 3 atom stereocenters. The molecule has 0 heterocycles. The first-order valence-corrected chi connectivity index (χ1v) is 3.72. The Hall–Kier alpha value is -0.980. The van der Waals surface area contributed by atoms with Crippen molar-refractivity contribution in [3.8, 4) is 0 Å². The van der Waals surface area contributed by atoms with Crippen molar-refractivity contribution in [1.82, 2.24) is 0 Å². The highest BCUT2D eigenvalue weighted by atomic mass is 16.4. The molecule has 0 aliphatic rings. The lowest BCUT2D eigenvalue weighted by atomic mass is 9.89. The minimum absolute atomic E-state index is 0.789. The molecule has 3 unspecified atom stereocenters. The number of hydrogen-bond donors (Lipinski definition) is 4. The van der Waals surface area contributed by atoms with E-state index in [1.165, 1.54) is 6.92 Å². The normalized spacial score (nSPS) is 20.1. The summed E-state index contributed by atoms with van der Waals surface area (Å²) >= 11 is 0. The van der Waals surface area contributed by atoms with E-state index in [0.29, 0.717) is 0 Å². The summed E-state index contributed by atoms with van der Waals surface area (Å²) in [6.45, 7) is 2.39. The zero-order chi connectivity index (χ0) is 10.8. The van der Waals surface area contributed by atoms with Crippen LogP contribution in [-0.4, -0.2) is 39.7 Å². The summed E-state index contributed by atoms with van der Waals surface area (Å²) in [7, 11) is 0. The maximum atomic E-state index is 11.2. The van der Waals surface area contributed by atoms with Crippen LogP contribution in [0, 0.1) is 0 Å². The molecular weight excluding hydrogens is 176 g/mol. The Morgan fingerprint density at radius 2 is 1.77 bits per heavy atom. The number of hydrogen-bond acceptors (Lipinski definition) is 5. The van der Waals surface area contributed by atoms with Crippen LogP contribution in [0.5, 0.6) is 0 Å².